The molecule has 0 bridgehead atoms. The normalized spacial score (nSPS) is 21.3. The number of rotatable bonds is 4. The van der Waals surface area contributed by atoms with E-state index in [1.54, 1.807) is 0 Å². The van der Waals surface area contributed by atoms with Gasteiger partial charge in [0.25, 0.3) is 0 Å². The monoisotopic (exact) mass is 192 g/mol. The van der Waals surface area contributed by atoms with Gasteiger partial charge in [0.15, 0.2) is 0 Å². The highest BCUT2D eigenvalue weighted by Crippen LogP contribution is 2.24. The molecule has 1 aliphatic carbocycles. The summed E-state index contributed by atoms with van der Waals surface area (Å²) < 4.78 is 0. The second-order valence-electron chi connectivity index (χ2n) is 4.34. The summed E-state index contributed by atoms with van der Waals surface area (Å²) in [6.45, 7) is 4.26. The van der Waals surface area contributed by atoms with Crippen LogP contribution in [0.4, 0.5) is 0 Å². The summed E-state index contributed by atoms with van der Waals surface area (Å²) in [6, 6.07) is 0. The first-order valence-electron chi connectivity index (χ1n) is 5.50. The molecule has 0 amide bonds. The molecule has 14 heavy (non-hydrogen) atoms. The summed E-state index contributed by atoms with van der Waals surface area (Å²) in [5.74, 6) is 0.199. The lowest BCUT2D eigenvalue weighted by atomic mass is 9.89. The van der Waals surface area contributed by atoms with Crippen LogP contribution in [0, 0.1) is 5.92 Å². The van der Waals surface area contributed by atoms with Crippen LogP contribution in [0.15, 0.2) is 23.3 Å². The Hall–Kier alpha value is -0.850. The van der Waals surface area contributed by atoms with Crippen LogP contribution in [0.25, 0.3) is 0 Å². The average Bonchev–Trinajstić information content (AvgIpc) is 2.18. The van der Waals surface area contributed by atoms with Crippen molar-refractivity contribution in [1.82, 2.24) is 0 Å². The molecule has 1 atom stereocenters. The van der Waals surface area contributed by atoms with E-state index < -0.39 is 0 Å². The van der Waals surface area contributed by atoms with E-state index in [2.05, 4.69) is 26.0 Å². The van der Waals surface area contributed by atoms with Crippen molar-refractivity contribution in [3.05, 3.63) is 23.3 Å². The SMILES string of the molecule is CC(C)=CCCC1=CC(C=O)CCC1. The fourth-order valence-corrected chi connectivity index (χ4v) is 1.90. The summed E-state index contributed by atoms with van der Waals surface area (Å²) >= 11 is 0. The van der Waals surface area contributed by atoms with E-state index in [1.165, 1.54) is 24.0 Å². The second kappa shape index (κ2) is 5.79. The second-order valence-corrected chi connectivity index (χ2v) is 4.34. The Kier molecular flexibility index (Phi) is 4.64. The first-order valence-corrected chi connectivity index (χ1v) is 5.50. The highest BCUT2D eigenvalue weighted by Gasteiger charge is 2.11. The van der Waals surface area contributed by atoms with Crippen LogP contribution < -0.4 is 0 Å². The molecule has 78 valence electrons. The van der Waals surface area contributed by atoms with E-state index in [0.29, 0.717) is 0 Å². The zero-order valence-corrected chi connectivity index (χ0v) is 9.25. The van der Waals surface area contributed by atoms with Gasteiger partial charge in [-0.25, -0.2) is 0 Å². The van der Waals surface area contributed by atoms with Crippen molar-refractivity contribution in [3.8, 4) is 0 Å². The van der Waals surface area contributed by atoms with Crippen LogP contribution in [0.1, 0.15) is 46.0 Å². The fraction of sp³-hybridized carbons (Fsp3) is 0.615. The maximum absolute atomic E-state index is 10.6. The maximum atomic E-state index is 10.6. The van der Waals surface area contributed by atoms with E-state index in [0.717, 1.165) is 25.5 Å². The van der Waals surface area contributed by atoms with Crippen molar-refractivity contribution in [1.29, 1.82) is 0 Å². The smallest absolute Gasteiger partial charge is 0.126 e. The zero-order chi connectivity index (χ0) is 10.4. The van der Waals surface area contributed by atoms with Crippen LogP contribution in [0.2, 0.25) is 0 Å². The Morgan fingerprint density at radius 1 is 1.57 bits per heavy atom. The molecule has 0 aromatic rings. The minimum Gasteiger partial charge on any atom is -0.303 e. The lowest BCUT2D eigenvalue weighted by molar-refractivity contribution is -0.110. The minimum absolute atomic E-state index is 0.199. The Bertz CT molecular complexity index is 244. The summed E-state index contributed by atoms with van der Waals surface area (Å²) in [4.78, 5) is 10.6. The molecular weight excluding hydrogens is 172 g/mol. The van der Waals surface area contributed by atoms with Crippen molar-refractivity contribution in [2.24, 2.45) is 5.92 Å². The van der Waals surface area contributed by atoms with E-state index in [4.69, 9.17) is 0 Å². The Morgan fingerprint density at radius 3 is 3.00 bits per heavy atom. The highest BCUT2D eigenvalue weighted by atomic mass is 16.1. The molecule has 0 aromatic heterocycles. The first-order chi connectivity index (χ1) is 6.72. The highest BCUT2D eigenvalue weighted by molar-refractivity contribution is 5.57. The molecule has 1 heteroatoms. The quantitative estimate of drug-likeness (QED) is 0.491. The summed E-state index contributed by atoms with van der Waals surface area (Å²) in [6.07, 6.45) is 11.2. The zero-order valence-electron chi connectivity index (χ0n) is 9.25. The van der Waals surface area contributed by atoms with Crippen molar-refractivity contribution >= 4 is 6.29 Å². The Labute approximate surface area is 86.9 Å². The molecule has 0 saturated heterocycles. The van der Waals surface area contributed by atoms with Gasteiger partial charge in [-0.05, 0) is 46.0 Å². The van der Waals surface area contributed by atoms with Gasteiger partial charge in [0.2, 0.25) is 0 Å². The third kappa shape index (κ3) is 3.91. The van der Waals surface area contributed by atoms with Gasteiger partial charge in [0.05, 0.1) is 0 Å². The lowest BCUT2D eigenvalue weighted by Gasteiger charge is -2.16. The van der Waals surface area contributed by atoms with Crippen molar-refractivity contribution < 1.29 is 4.79 Å². The van der Waals surface area contributed by atoms with E-state index in [9.17, 15) is 4.79 Å². The van der Waals surface area contributed by atoms with Gasteiger partial charge in [0, 0.05) is 5.92 Å². The predicted octanol–water partition coefficient (Wildman–Crippen LogP) is 3.66. The molecule has 1 nitrogen and oxygen atoms in total. The van der Waals surface area contributed by atoms with Crippen LogP contribution in [0.5, 0.6) is 0 Å². The van der Waals surface area contributed by atoms with Gasteiger partial charge in [0.1, 0.15) is 6.29 Å². The maximum Gasteiger partial charge on any atom is 0.126 e. The standard InChI is InChI=1S/C13H20O/c1-11(2)5-3-6-12-7-4-8-13(9-12)10-14/h5,9-10,13H,3-4,6-8H2,1-2H3. The molecule has 0 heterocycles. The average molecular weight is 192 g/mol. The molecule has 1 rings (SSSR count). The summed E-state index contributed by atoms with van der Waals surface area (Å²) in [5, 5.41) is 0. The van der Waals surface area contributed by atoms with Crippen LogP contribution in [0.3, 0.4) is 0 Å². The molecule has 0 aromatic carbocycles. The minimum atomic E-state index is 0.199. The molecule has 1 unspecified atom stereocenters. The van der Waals surface area contributed by atoms with Crippen LogP contribution in [-0.4, -0.2) is 6.29 Å². The molecule has 0 saturated carbocycles. The van der Waals surface area contributed by atoms with Gasteiger partial charge in [-0.2, -0.15) is 0 Å². The van der Waals surface area contributed by atoms with E-state index in [1.807, 2.05) is 0 Å². The number of carbonyl (C=O) groups excluding carboxylic acids is 1. The third-order valence-corrected chi connectivity index (χ3v) is 2.68. The van der Waals surface area contributed by atoms with Gasteiger partial charge < -0.3 is 4.79 Å². The summed E-state index contributed by atoms with van der Waals surface area (Å²) in [5.41, 5.74) is 2.86. The summed E-state index contributed by atoms with van der Waals surface area (Å²) in [7, 11) is 0. The van der Waals surface area contributed by atoms with Gasteiger partial charge in [-0.1, -0.05) is 23.3 Å². The predicted molar refractivity (Wildman–Crippen MR) is 60.2 cm³/mol. The molecule has 0 fully saturated rings. The number of carbonyl (C=O) groups is 1. The lowest BCUT2D eigenvalue weighted by Crippen LogP contribution is -2.05. The van der Waals surface area contributed by atoms with E-state index >= 15 is 0 Å². The van der Waals surface area contributed by atoms with Gasteiger partial charge in [-0.15, -0.1) is 0 Å². The van der Waals surface area contributed by atoms with Crippen LogP contribution >= 0.6 is 0 Å². The molecular formula is C13H20O. The molecule has 0 aliphatic heterocycles. The largest absolute Gasteiger partial charge is 0.303 e. The van der Waals surface area contributed by atoms with Gasteiger partial charge in [-0.3, -0.25) is 0 Å². The Balaban J connectivity index is 2.40. The topological polar surface area (TPSA) is 17.1 Å². The molecule has 1 aliphatic rings. The van der Waals surface area contributed by atoms with Crippen LogP contribution in [-0.2, 0) is 4.79 Å². The molecule has 0 spiro atoms. The number of aldehydes is 1. The van der Waals surface area contributed by atoms with E-state index in [-0.39, 0.29) is 5.92 Å². The number of hydrogen-bond donors (Lipinski definition) is 0. The van der Waals surface area contributed by atoms with Crippen molar-refractivity contribution in [3.63, 3.8) is 0 Å². The number of allylic oxidation sites excluding steroid dienone is 4. The number of hydrogen-bond acceptors (Lipinski definition) is 1. The van der Waals surface area contributed by atoms with Crippen molar-refractivity contribution in [2.75, 3.05) is 0 Å². The molecule has 0 N–H and O–H groups in total. The van der Waals surface area contributed by atoms with Gasteiger partial charge >= 0.3 is 0 Å². The Morgan fingerprint density at radius 2 is 2.36 bits per heavy atom. The fourth-order valence-electron chi connectivity index (χ4n) is 1.90. The molecule has 0 radical (unpaired) electrons. The van der Waals surface area contributed by atoms with Crippen molar-refractivity contribution in [2.45, 2.75) is 46.0 Å². The third-order valence-electron chi connectivity index (χ3n) is 2.68. The first kappa shape index (κ1) is 11.2.